The van der Waals surface area contributed by atoms with Crippen molar-refractivity contribution in [3.8, 4) is 0 Å². The van der Waals surface area contributed by atoms with Gasteiger partial charge in [0.05, 0.1) is 6.04 Å². The third-order valence-electron chi connectivity index (χ3n) is 3.16. The van der Waals surface area contributed by atoms with Gasteiger partial charge in [-0.2, -0.15) is 0 Å². The van der Waals surface area contributed by atoms with Gasteiger partial charge in [-0.25, -0.2) is 0 Å². The second kappa shape index (κ2) is 6.89. The molecule has 1 N–H and O–H groups in total. The molecule has 1 aromatic carbocycles. The Labute approximate surface area is 104 Å². The summed E-state index contributed by atoms with van der Waals surface area (Å²) in [6.07, 6.45) is 3.43. The van der Waals surface area contributed by atoms with Gasteiger partial charge < -0.3 is 5.32 Å². The molecule has 0 radical (unpaired) electrons. The maximum absolute atomic E-state index is 11.5. The first-order valence-electron chi connectivity index (χ1n) is 6.20. The van der Waals surface area contributed by atoms with Crippen LogP contribution in [-0.4, -0.2) is 5.91 Å². The summed E-state index contributed by atoms with van der Waals surface area (Å²) in [7, 11) is 0. The Morgan fingerprint density at radius 2 is 1.88 bits per heavy atom. The summed E-state index contributed by atoms with van der Waals surface area (Å²) in [5.41, 5.74) is 1.16. The van der Waals surface area contributed by atoms with Crippen molar-refractivity contribution in [1.82, 2.24) is 5.32 Å². The fourth-order valence-electron chi connectivity index (χ4n) is 2.11. The van der Waals surface area contributed by atoms with Gasteiger partial charge in [0.25, 0.3) is 0 Å². The van der Waals surface area contributed by atoms with Crippen molar-refractivity contribution >= 4 is 5.91 Å². The average Bonchev–Trinajstić information content (AvgIpc) is 2.39. The van der Waals surface area contributed by atoms with Crippen LogP contribution in [0.2, 0.25) is 0 Å². The number of amides is 1. The Morgan fingerprint density at radius 3 is 2.35 bits per heavy atom. The quantitative estimate of drug-likeness (QED) is 0.746. The molecule has 0 aliphatic carbocycles. The molecule has 1 unspecified atom stereocenters. The minimum Gasteiger partial charge on any atom is -0.345 e. The van der Waals surface area contributed by atoms with Gasteiger partial charge in [-0.1, -0.05) is 63.6 Å². The van der Waals surface area contributed by atoms with Crippen LogP contribution >= 0.6 is 0 Å². The van der Waals surface area contributed by atoms with Crippen LogP contribution in [0.5, 0.6) is 0 Å². The Hall–Kier alpha value is -1.57. The van der Waals surface area contributed by atoms with Crippen LogP contribution in [-0.2, 0) is 4.79 Å². The molecule has 0 spiro atoms. The van der Waals surface area contributed by atoms with E-state index in [1.165, 1.54) is 6.08 Å². The SMILES string of the molecule is C=CC(=O)NC(c1ccccc1)C(CC)CC. The predicted octanol–water partition coefficient (Wildman–Crippen LogP) is 3.47. The summed E-state index contributed by atoms with van der Waals surface area (Å²) in [6, 6.07) is 10.2. The van der Waals surface area contributed by atoms with Crippen LogP contribution in [0.25, 0.3) is 0 Å². The molecule has 92 valence electrons. The number of carbonyl (C=O) groups is 1. The number of benzene rings is 1. The zero-order valence-corrected chi connectivity index (χ0v) is 10.6. The Balaban J connectivity index is 2.93. The largest absolute Gasteiger partial charge is 0.345 e. The van der Waals surface area contributed by atoms with Crippen molar-refractivity contribution < 1.29 is 4.79 Å². The van der Waals surface area contributed by atoms with E-state index in [1.54, 1.807) is 0 Å². The van der Waals surface area contributed by atoms with Crippen LogP contribution in [0, 0.1) is 5.92 Å². The molecule has 1 amide bonds. The van der Waals surface area contributed by atoms with Gasteiger partial charge in [0.15, 0.2) is 0 Å². The van der Waals surface area contributed by atoms with Crippen LogP contribution in [0.15, 0.2) is 43.0 Å². The molecular weight excluding hydrogens is 210 g/mol. The highest BCUT2D eigenvalue weighted by Gasteiger charge is 2.21. The standard InChI is InChI=1S/C15H21NO/c1-4-12(5-2)15(16-14(17)6-3)13-10-8-7-9-11-13/h6-12,15H,3-5H2,1-2H3,(H,16,17). The lowest BCUT2D eigenvalue weighted by Crippen LogP contribution is -2.32. The smallest absolute Gasteiger partial charge is 0.243 e. The van der Waals surface area contributed by atoms with E-state index in [0.29, 0.717) is 5.92 Å². The van der Waals surface area contributed by atoms with Crippen molar-refractivity contribution in [3.05, 3.63) is 48.6 Å². The Bertz CT molecular complexity index is 354. The van der Waals surface area contributed by atoms with Gasteiger partial charge in [0.2, 0.25) is 5.91 Å². The highest BCUT2D eigenvalue weighted by Crippen LogP contribution is 2.27. The molecule has 1 rings (SSSR count). The molecule has 0 heterocycles. The first-order chi connectivity index (χ1) is 8.22. The summed E-state index contributed by atoms with van der Waals surface area (Å²) in [6.45, 7) is 7.82. The van der Waals surface area contributed by atoms with Gasteiger partial charge in [0.1, 0.15) is 0 Å². The Morgan fingerprint density at radius 1 is 1.29 bits per heavy atom. The van der Waals surface area contributed by atoms with Gasteiger partial charge in [-0.05, 0) is 17.6 Å². The maximum Gasteiger partial charge on any atom is 0.243 e. The lowest BCUT2D eigenvalue weighted by atomic mass is 9.89. The predicted molar refractivity (Wildman–Crippen MR) is 71.6 cm³/mol. The highest BCUT2D eigenvalue weighted by atomic mass is 16.1. The summed E-state index contributed by atoms with van der Waals surface area (Å²) < 4.78 is 0. The number of hydrogen-bond donors (Lipinski definition) is 1. The fourth-order valence-corrected chi connectivity index (χ4v) is 2.11. The molecule has 1 atom stereocenters. The maximum atomic E-state index is 11.5. The van der Waals surface area contributed by atoms with Gasteiger partial charge in [-0.15, -0.1) is 0 Å². The molecule has 0 aromatic heterocycles. The molecule has 0 saturated heterocycles. The van der Waals surface area contributed by atoms with Crippen LogP contribution in [0.3, 0.4) is 0 Å². The third-order valence-corrected chi connectivity index (χ3v) is 3.16. The minimum absolute atomic E-state index is 0.0803. The van der Waals surface area contributed by atoms with E-state index < -0.39 is 0 Å². The third kappa shape index (κ3) is 3.74. The lowest BCUT2D eigenvalue weighted by molar-refractivity contribution is -0.117. The van der Waals surface area contributed by atoms with E-state index in [9.17, 15) is 4.79 Å². The topological polar surface area (TPSA) is 29.1 Å². The number of nitrogens with one attached hydrogen (secondary N) is 1. The van der Waals surface area contributed by atoms with Crippen LogP contribution < -0.4 is 5.32 Å². The lowest BCUT2D eigenvalue weighted by Gasteiger charge is -2.26. The van der Waals surface area contributed by atoms with Crippen molar-refractivity contribution in [3.63, 3.8) is 0 Å². The zero-order chi connectivity index (χ0) is 12.7. The second-order valence-corrected chi connectivity index (χ2v) is 4.18. The Kier molecular flexibility index (Phi) is 5.47. The summed E-state index contributed by atoms with van der Waals surface area (Å²) in [5, 5.41) is 3.03. The fraction of sp³-hybridized carbons (Fsp3) is 0.400. The van der Waals surface area contributed by atoms with E-state index in [-0.39, 0.29) is 11.9 Å². The van der Waals surface area contributed by atoms with Gasteiger partial charge in [-0.3, -0.25) is 4.79 Å². The zero-order valence-electron chi connectivity index (χ0n) is 10.6. The highest BCUT2D eigenvalue weighted by molar-refractivity contribution is 5.87. The monoisotopic (exact) mass is 231 g/mol. The summed E-state index contributed by atoms with van der Waals surface area (Å²) in [4.78, 5) is 11.5. The number of hydrogen-bond acceptors (Lipinski definition) is 1. The molecule has 17 heavy (non-hydrogen) atoms. The average molecular weight is 231 g/mol. The van der Waals surface area contributed by atoms with Gasteiger partial charge >= 0.3 is 0 Å². The van der Waals surface area contributed by atoms with E-state index in [0.717, 1.165) is 18.4 Å². The molecule has 0 aliphatic rings. The molecule has 0 bridgehead atoms. The molecule has 2 heteroatoms. The summed E-state index contributed by atoms with van der Waals surface area (Å²) >= 11 is 0. The van der Waals surface area contributed by atoms with Gasteiger partial charge in [0, 0.05) is 0 Å². The second-order valence-electron chi connectivity index (χ2n) is 4.18. The molecule has 0 aliphatic heterocycles. The van der Waals surface area contributed by atoms with Crippen molar-refractivity contribution in [2.24, 2.45) is 5.92 Å². The first kappa shape index (κ1) is 13.5. The van der Waals surface area contributed by atoms with Crippen molar-refractivity contribution in [2.45, 2.75) is 32.7 Å². The molecule has 1 aromatic rings. The number of rotatable bonds is 6. The molecule has 0 saturated carbocycles. The molecular formula is C15H21NO. The molecule has 2 nitrogen and oxygen atoms in total. The normalized spacial score (nSPS) is 12.2. The number of carbonyl (C=O) groups excluding carboxylic acids is 1. The van der Waals surface area contributed by atoms with E-state index >= 15 is 0 Å². The van der Waals surface area contributed by atoms with Crippen LogP contribution in [0.4, 0.5) is 0 Å². The van der Waals surface area contributed by atoms with E-state index in [4.69, 9.17) is 0 Å². The summed E-state index contributed by atoms with van der Waals surface area (Å²) in [5.74, 6) is 0.354. The van der Waals surface area contributed by atoms with Crippen molar-refractivity contribution in [1.29, 1.82) is 0 Å². The van der Waals surface area contributed by atoms with Crippen molar-refractivity contribution in [2.75, 3.05) is 0 Å². The first-order valence-corrected chi connectivity index (χ1v) is 6.20. The van der Waals surface area contributed by atoms with E-state index in [1.807, 2.05) is 18.2 Å². The minimum atomic E-state index is -0.106. The van der Waals surface area contributed by atoms with Crippen LogP contribution in [0.1, 0.15) is 38.3 Å². The molecule has 0 fully saturated rings. The van der Waals surface area contributed by atoms with E-state index in [2.05, 4.69) is 37.9 Å².